The molecule has 1 saturated heterocycles. The maximum Gasteiger partial charge on any atom is 0.127 e. The predicted molar refractivity (Wildman–Crippen MR) is 116 cm³/mol. The van der Waals surface area contributed by atoms with Gasteiger partial charge in [-0.05, 0) is 79.1 Å². The van der Waals surface area contributed by atoms with Crippen LogP contribution in [0.3, 0.4) is 0 Å². The Kier molecular flexibility index (Phi) is 6.23. The van der Waals surface area contributed by atoms with E-state index < -0.39 is 0 Å². The van der Waals surface area contributed by atoms with Gasteiger partial charge in [0.2, 0.25) is 0 Å². The Morgan fingerprint density at radius 1 is 0.931 bits per heavy atom. The Labute approximate surface area is 176 Å². The number of aliphatic hydroxyl groups excluding tert-OH is 1. The number of hydrogen-bond donors (Lipinski definition) is 1. The second kappa shape index (κ2) is 9.21. The molecule has 1 atom stereocenters. The molecule has 4 rings (SSSR count). The smallest absolute Gasteiger partial charge is 0.127 e. The maximum atomic E-state index is 8.98. The van der Waals surface area contributed by atoms with Gasteiger partial charge in [-0.15, -0.1) is 0 Å². The number of aliphatic hydroxyl groups is 1. The monoisotopic (exact) mass is 409 g/mol. The van der Waals surface area contributed by atoms with E-state index in [9.17, 15) is 0 Å². The van der Waals surface area contributed by atoms with Crippen molar-refractivity contribution in [3.05, 3.63) is 83.4 Å². The Morgan fingerprint density at radius 3 is 2.38 bits per heavy atom. The van der Waals surface area contributed by atoms with Gasteiger partial charge in [0.05, 0.1) is 12.6 Å². The van der Waals surface area contributed by atoms with Crippen molar-refractivity contribution in [2.45, 2.75) is 18.9 Å². The van der Waals surface area contributed by atoms with Crippen LogP contribution >= 0.6 is 11.6 Å². The molecule has 1 unspecified atom stereocenters. The van der Waals surface area contributed by atoms with Gasteiger partial charge in [-0.1, -0.05) is 23.7 Å². The van der Waals surface area contributed by atoms with Gasteiger partial charge in [0.25, 0.3) is 0 Å². The summed E-state index contributed by atoms with van der Waals surface area (Å²) in [4.78, 5) is 2.43. The molecule has 1 heterocycles. The van der Waals surface area contributed by atoms with Crippen molar-refractivity contribution < 1.29 is 14.6 Å². The van der Waals surface area contributed by atoms with Crippen molar-refractivity contribution in [1.29, 1.82) is 0 Å². The van der Waals surface area contributed by atoms with Crippen LogP contribution in [0.5, 0.6) is 17.2 Å². The van der Waals surface area contributed by atoms with Gasteiger partial charge in [-0.2, -0.15) is 0 Å². The van der Waals surface area contributed by atoms with Crippen LogP contribution in [0.4, 0.5) is 5.69 Å². The highest BCUT2D eigenvalue weighted by atomic mass is 35.5. The summed E-state index contributed by atoms with van der Waals surface area (Å²) in [5.41, 5.74) is 2.41. The zero-order valence-electron chi connectivity index (χ0n) is 16.1. The Bertz CT molecular complexity index is 928. The molecule has 0 spiro atoms. The average Bonchev–Trinajstić information content (AvgIpc) is 3.25. The molecule has 4 nitrogen and oxygen atoms in total. The summed E-state index contributed by atoms with van der Waals surface area (Å²) >= 11 is 5.93. The lowest BCUT2D eigenvalue weighted by atomic mass is 10.0. The van der Waals surface area contributed by atoms with Crippen molar-refractivity contribution >= 4 is 17.3 Å². The SMILES string of the molecule is OCCOc1cccc(C2CCCN2c2ccc(Oc3ccc(Cl)cc3)cc2)c1. The lowest BCUT2D eigenvalue weighted by molar-refractivity contribution is 0.201. The topological polar surface area (TPSA) is 41.9 Å². The zero-order chi connectivity index (χ0) is 20.1. The Morgan fingerprint density at radius 2 is 1.66 bits per heavy atom. The lowest BCUT2D eigenvalue weighted by Gasteiger charge is -2.27. The van der Waals surface area contributed by atoms with E-state index in [2.05, 4.69) is 29.2 Å². The van der Waals surface area contributed by atoms with Crippen LogP contribution in [0.25, 0.3) is 0 Å². The van der Waals surface area contributed by atoms with Crippen LogP contribution < -0.4 is 14.4 Å². The molecular formula is C24H24ClNO3. The molecule has 29 heavy (non-hydrogen) atoms. The van der Waals surface area contributed by atoms with E-state index in [0.29, 0.717) is 17.7 Å². The summed E-state index contributed by atoms with van der Waals surface area (Å²) < 4.78 is 11.5. The molecule has 1 aliphatic rings. The quantitative estimate of drug-likeness (QED) is 0.531. The highest BCUT2D eigenvalue weighted by molar-refractivity contribution is 6.30. The van der Waals surface area contributed by atoms with Crippen molar-refractivity contribution in [2.24, 2.45) is 0 Å². The standard InChI is InChI=1S/C24H24ClNO3/c25-19-6-10-21(11-7-19)29-22-12-8-20(9-13-22)26-14-2-5-24(26)18-3-1-4-23(17-18)28-16-15-27/h1,3-4,6-13,17,24,27H,2,5,14-16H2. The average molecular weight is 410 g/mol. The van der Waals surface area contributed by atoms with E-state index in [1.165, 1.54) is 11.3 Å². The van der Waals surface area contributed by atoms with E-state index in [1.807, 2.05) is 48.5 Å². The van der Waals surface area contributed by atoms with Gasteiger partial charge >= 0.3 is 0 Å². The van der Waals surface area contributed by atoms with Gasteiger partial charge in [0, 0.05) is 17.3 Å². The summed E-state index contributed by atoms with van der Waals surface area (Å²) in [6.07, 6.45) is 2.25. The first-order valence-electron chi connectivity index (χ1n) is 9.87. The number of rotatable bonds is 7. The summed E-state index contributed by atoms with van der Waals surface area (Å²) in [5, 5.41) is 9.67. The third-order valence-electron chi connectivity index (χ3n) is 5.07. The van der Waals surface area contributed by atoms with Crippen molar-refractivity contribution in [1.82, 2.24) is 0 Å². The van der Waals surface area contributed by atoms with E-state index in [4.69, 9.17) is 26.2 Å². The fourth-order valence-electron chi connectivity index (χ4n) is 3.74. The first-order chi connectivity index (χ1) is 14.2. The summed E-state index contributed by atoms with van der Waals surface area (Å²) in [7, 11) is 0. The molecule has 0 saturated carbocycles. The minimum atomic E-state index is 0.0181. The van der Waals surface area contributed by atoms with E-state index >= 15 is 0 Å². The number of nitrogens with zero attached hydrogens (tertiary/aromatic N) is 1. The second-order valence-electron chi connectivity index (χ2n) is 7.05. The second-order valence-corrected chi connectivity index (χ2v) is 7.48. The van der Waals surface area contributed by atoms with E-state index in [1.54, 1.807) is 0 Å². The summed E-state index contributed by atoms with van der Waals surface area (Å²) in [6.45, 7) is 1.35. The molecule has 0 amide bonds. The van der Waals surface area contributed by atoms with Gasteiger partial charge in [-0.25, -0.2) is 0 Å². The van der Waals surface area contributed by atoms with Crippen LogP contribution in [-0.4, -0.2) is 24.9 Å². The van der Waals surface area contributed by atoms with Crippen molar-refractivity contribution in [2.75, 3.05) is 24.7 Å². The maximum absolute atomic E-state index is 8.98. The minimum absolute atomic E-state index is 0.0181. The Hall–Kier alpha value is -2.69. The number of anilines is 1. The molecule has 0 aliphatic carbocycles. The molecule has 1 aliphatic heterocycles. The number of hydrogen-bond acceptors (Lipinski definition) is 4. The van der Waals surface area contributed by atoms with Crippen LogP contribution in [0.15, 0.2) is 72.8 Å². The lowest BCUT2D eigenvalue weighted by Crippen LogP contribution is -2.22. The molecule has 0 aromatic heterocycles. The zero-order valence-corrected chi connectivity index (χ0v) is 16.9. The fraction of sp³-hybridized carbons (Fsp3) is 0.250. The number of benzene rings is 3. The van der Waals surface area contributed by atoms with Crippen LogP contribution in [0, 0.1) is 0 Å². The van der Waals surface area contributed by atoms with Gasteiger partial charge in [-0.3, -0.25) is 0 Å². The first kappa shape index (κ1) is 19.6. The third kappa shape index (κ3) is 4.84. The highest BCUT2D eigenvalue weighted by Gasteiger charge is 2.26. The highest BCUT2D eigenvalue weighted by Crippen LogP contribution is 2.38. The van der Waals surface area contributed by atoms with Gasteiger partial charge in [0.1, 0.15) is 23.9 Å². The van der Waals surface area contributed by atoms with Crippen molar-refractivity contribution in [3.63, 3.8) is 0 Å². The van der Waals surface area contributed by atoms with Crippen LogP contribution in [-0.2, 0) is 0 Å². The van der Waals surface area contributed by atoms with Gasteiger partial charge < -0.3 is 19.5 Å². The fourth-order valence-corrected chi connectivity index (χ4v) is 3.87. The molecule has 150 valence electrons. The Balaban J connectivity index is 1.48. The molecular weight excluding hydrogens is 386 g/mol. The molecule has 1 N–H and O–H groups in total. The number of halogens is 1. The third-order valence-corrected chi connectivity index (χ3v) is 5.33. The molecule has 0 radical (unpaired) electrons. The van der Waals surface area contributed by atoms with E-state index in [-0.39, 0.29) is 6.61 Å². The first-order valence-corrected chi connectivity index (χ1v) is 10.2. The molecule has 5 heteroatoms. The molecule has 3 aromatic rings. The van der Waals surface area contributed by atoms with Gasteiger partial charge in [0.15, 0.2) is 0 Å². The predicted octanol–water partition coefficient (Wildman–Crippen LogP) is 5.84. The van der Waals surface area contributed by atoms with Crippen LogP contribution in [0.1, 0.15) is 24.4 Å². The van der Waals surface area contributed by atoms with Crippen molar-refractivity contribution in [3.8, 4) is 17.2 Å². The molecule has 1 fully saturated rings. The number of ether oxygens (including phenoxy) is 2. The summed E-state index contributed by atoms with van der Waals surface area (Å²) in [5.74, 6) is 2.36. The molecule has 3 aromatic carbocycles. The largest absolute Gasteiger partial charge is 0.491 e. The van der Waals surface area contributed by atoms with E-state index in [0.717, 1.165) is 36.6 Å². The minimum Gasteiger partial charge on any atom is -0.491 e. The summed E-state index contributed by atoms with van der Waals surface area (Å²) in [6, 6.07) is 24.1. The van der Waals surface area contributed by atoms with Crippen LogP contribution in [0.2, 0.25) is 5.02 Å². The molecule has 0 bridgehead atoms. The normalized spacial score (nSPS) is 16.1.